The van der Waals surface area contributed by atoms with E-state index in [1.807, 2.05) is 34.9 Å². The summed E-state index contributed by atoms with van der Waals surface area (Å²) in [5.41, 5.74) is 6.59. The summed E-state index contributed by atoms with van der Waals surface area (Å²) < 4.78 is 2.75. The highest BCUT2D eigenvalue weighted by Crippen LogP contribution is 2.35. The molecule has 0 saturated carbocycles. The van der Waals surface area contributed by atoms with Crippen LogP contribution in [0.15, 0.2) is 34.7 Å². The molecule has 2 aromatic heterocycles. The standard InChI is InChI=1S/C25H28N4O2S2/c30-22(15-14-17-8-2-1-3-9-17)26-24-27-28-25(33-24)32-16-23(31)29-20-12-6-4-10-18(20)19-11-5-7-13-21(19)29/h1-3,8-9H,4-7,10-16H2,(H,26,27,30). The van der Waals surface area contributed by atoms with Crippen molar-refractivity contribution in [3.8, 4) is 0 Å². The minimum Gasteiger partial charge on any atom is -0.300 e. The van der Waals surface area contributed by atoms with E-state index in [2.05, 4.69) is 15.5 Å². The molecular weight excluding hydrogens is 452 g/mol. The highest BCUT2D eigenvalue weighted by atomic mass is 32.2. The van der Waals surface area contributed by atoms with Gasteiger partial charge in [-0.15, -0.1) is 10.2 Å². The molecule has 0 spiro atoms. The largest absolute Gasteiger partial charge is 0.300 e. The van der Waals surface area contributed by atoms with Crippen LogP contribution in [-0.2, 0) is 36.9 Å². The van der Waals surface area contributed by atoms with E-state index >= 15 is 0 Å². The van der Waals surface area contributed by atoms with Gasteiger partial charge in [-0.25, -0.2) is 0 Å². The molecule has 0 unspecified atom stereocenters. The zero-order valence-corrected chi connectivity index (χ0v) is 20.3. The lowest BCUT2D eigenvalue weighted by atomic mass is 9.89. The van der Waals surface area contributed by atoms with Crippen molar-refractivity contribution in [3.05, 3.63) is 58.4 Å². The van der Waals surface area contributed by atoms with Crippen LogP contribution in [0.25, 0.3) is 0 Å². The summed E-state index contributed by atoms with van der Waals surface area (Å²) in [6, 6.07) is 9.95. The smallest absolute Gasteiger partial charge is 0.241 e. The molecule has 8 heteroatoms. The second kappa shape index (κ2) is 10.2. The molecule has 0 aliphatic heterocycles. The van der Waals surface area contributed by atoms with Gasteiger partial charge < -0.3 is 5.32 Å². The normalized spacial score (nSPS) is 15.0. The van der Waals surface area contributed by atoms with E-state index in [-0.39, 0.29) is 11.8 Å². The van der Waals surface area contributed by atoms with E-state index in [0.29, 0.717) is 28.1 Å². The van der Waals surface area contributed by atoms with Crippen LogP contribution < -0.4 is 5.32 Å². The molecule has 0 atom stereocenters. The third-order valence-corrected chi connectivity index (χ3v) is 8.44. The summed E-state index contributed by atoms with van der Waals surface area (Å²) in [7, 11) is 0. The molecule has 1 amide bonds. The molecule has 33 heavy (non-hydrogen) atoms. The zero-order valence-electron chi connectivity index (χ0n) is 18.6. The van der Waals surface area contributed by atoms with Crippen molar-refractivity contribution in [1.29, 1.82) is 0 Å². The molecule has 0 fully saturated rings. The van der Waals surface area contributed by atoms with Crippen LogP contribution in [-0.4, -0.2) is 32.3 Å². The number of aryl methyl sites for hydroxylation is 1. The van der Waals surface area contributed by atoms with Crippen molar-refractivity contribution in [2.45, 2.75) is 68.5 Å². The van der Waals surface area contributed by atoms with Crippen LogP contribution in [0.4, 0.5) is 5.13 Å². The summed E-state index contributed by atoms with van der Waals surface area (Å²) in [6.45, 7) is 0. The number of thioether (sulfide) groups is 1. The Morgan fingerprint density at radius 3 is 2.30 bits per heavy atom. The maximum Gasteiger partial charge on any atom is 0.241 e. The van der Waals surface area contributed by atoms with E-state index in [0.717, 1.165) is 31.2 Å². The summed E-state index contributed by atoms with van der Waals surface area (Å²) >= 11 is 2.74. The molecule has 1 aromatic carbocycles. The monoisotopic (exact) mass is 480 g/mol. The minimum absolute atomic E-state index is 0.0757. The van der Waals surface area contributed by atoms with Gasteiger partial charge in [0.2, 0.25) is 16.9 Å². The average Bonchev–Trinajstić information content (AvgIpc) is 3.44. The van der Waals surface area contributed by atoms with Crippen LogP contribution in [0.3, 0.4) is 0 Å². The molecular formula is C25H28N4O2S2. The summed E-state index contributed by atoms with van der Waals surface area (Å²) in [5, 5.41) is 11.6. The Kier molecular flexibility index (Phi) is 6.92. The number of carbonyl (C=O) groups excluding carboxylic acids is 2. The Morgan fingerprint density at radius 2 is 1.61 bits per heavy atom. The number of nitrogens with one attached hydrogen (secondary N) is 1. The number of carbonyl (C=O) groups is 2. The molecule has 5 rings (SSSR count). The minimum atomic E-state index is -0.0757. The zero-order chi connectivity index (χ0) is 22.6. The predicted molar refractivity (Wildman–Crippen MR) is 132 cm³/mol. The van der Waals surface area contributed by atoms with E-state index in [9.17, 15) is 9.59 Å². The molecule has 172 valence electrons. The van der Waals surface area contributed by atoms with Gasteiger partial charge in [-0.2, -0.15) is 0 Å². The number of rotatable bonds is 7. The van der Waals surface area contributed by atoms with Crippen LogP contribution in [0.5, 0.6) is 0 Å². The summed E-state index contributed by atoms with van der Waals surface area (Å²) in [4.78, 5) is 25.5. The fraction of sp³-hybridized carbons (Fsp3) is 0.440. The first-order chi connectivity index (χ1) is 16.2. The maximum absolute atomic E-state index is 13.3. The predicted octanol–water partition coefficient (Wildman–Crippen LogP) is 5.10. The molecule has 2 heterocycles. The van der Waals surface area contributed by atoms with Gasteiger partial charge in [-0.05, 0) is 74.5 Å². The number of hydrogen-bond donors (Lipinski definition) is 1. The molecule has 0 bridgehead atoms. The number of nitrogens with zero attached hydrogens (tertiary/aromatic N) is 3. The third kappa shape index (κ3) is 5.06. The fourth-order valence-corrected chi connectivity index (χ4v) is 6.59. The van der Waals surface area contributed by atoms with Crippen LogP contribution in [0.2, 0.25) is 0 Å². The van der Waals surface area contributed by atoms with Crippen molar-refractivity contribution in [3.63, 3.8) is 0 Å². The van der Waals surface area contributed by atoms with Crippen molar-refractivity contribution >= 4 is 40.0 Å². The lowest BCUT2D eigenvalue weighted by Crippen LogP contribution is -2.21. The van der Waals surface area contributed by atoms with Gasteiger partial charge in [0.15, 0.2) is 4.34 Å². The van der Waals surface area contributed by atoms with Crippen LogP contribution in [0.1, 0.15) is 65.0 Å². The lowest BCUT2D eigenvalue weighted by molar-refractivity contribution is -0.116. The van der Waals surface area contributed by atoms with Crippen molar-refractivity contribution in [2.24, 2.45) is 0 Å². The highest BCUT2D eigenvalue weighted by molar-refractivity contribution is 8.01. The molecule has 3 aromatic rings. The van der Waals surface area contributed by atoms with Gasteiger partial charge in [0.25, 0.3) is 0 Å². The summed E-state index contributed by atoms with van der Waals surface area (Å²) in [6.07, 6.45) is 10.1. The highest BCUT2D eigenvalue weighted by Gasteiger charge is 2.28. The number of benzene rings is 1. The quantitative estimate of drug-likeness (QED) is 0.376. The van der Waals surface area contributed by atoms with Gasteiger partial charge in [0.1, 0.15) is 0 Å². The van der Waals surface area contributed by atoms with Crippen molar-refractivity contribution < 1.29 is 9.59 Å². The number of anilines is 1. The average molecular weight is 481 g/mol. The number of hydrogen-bond acceptors (Lipinski definition) is 6. The second-order valence-electron chi connectivity index (χ2n) is 8.69. The number of aromatic nitrogens is 3. The lowest BCUT2D eigenvalue weighted by Gasteiger charge is -2.16. The number of fused-ring (bicyclic) bond motifs is 3. The Bertz CT molecular complexity index is 1120. The van der Waals surface area contributed by atoms with Gasteiger partial charge in [0.05, 0.1) is 5.75 Å². The Morgan fingerprint density at radius 1 is 0.939 bits per heavy atom. The van der Waals surface area contributed by atoms with E-state index in [1.165, 1.54) is 71.3 Å². The van der Waals surface area contributed by atoms with E-state index in [1.54, 1.807) is 0 Å². The second-order valence-corrected chi connectivity index (χ2v) is 10.9. The summed E-state index contributed by atoms with van der Waals surface area (Å²) in [5.74, 6) is 0.405. The van der Waals surface area contributed by atoms with Crippen molar-refractivity contribution in [1.82, 2.24) is 14.8 Å². The topological polar surface area (TPSA) is 76.9 Å². The number of amides is 1. The van der Waals surface area contributed by atoms with Gasteiger partial charge in [-0.3, -0.25) is 14.2 Å². The van der Waals surface area contributed by atoms with E-state index in [4.69, 9.17) is 0 Å². The first-order valence-corrected chi connectivity index (χ1v) is 13.6. The van der Waals surface area contributed by atoms with Crippen LogP contribution in [0, 0.1) is 0 Å². The van der Waals surface area contributed by atoms with Crippen LogP contribution >= 0.6 is 23.1 Å². The molecule has 1 N–H and O–H groups in total. The first kappa shape index (κ1) is 22.3. The molecule has 0 radical (unpaired) electrons. The van der Waals surface area contributed by atoms with Gasteiger partial charge in [-0.1, -0.05) is 53.4 Å². The molecule has 0 saturated heterocycles. The SMILES string of the molecule is O=C(CCc1ccccc1)Nc1nnc(SCC(=O)n2c3c(c4c2CCCC4)CCCC3)s1. The molecule has 2 aliphatic rings. The molecule has 6 nitrogen and oxygen atoms in total. The third-order valence-electron chi connectivity index (χ3n) is 6.49. The van der Waals surface area contributed by atoms with Gasteiger partial charge >= 0.3 is 0 Å². The van der Waals surface area contributed by atoms with E-state index < -0.39 is 0 Å². The van der Waals surface area contributed by atoms with Gasteiger partial charge in [0, 0.05) is 17.8 Å². The maximum atomic E-state index is 13.3. The fourth-order valence-electron chi connectivity index (χ4n) is 4.98. The first-order valence-electron chi connectivity index (χ1n) is 11.8. The Balaban J connectivity index is 1.19. The Labute approximate surface area is 202 Å². The van der Waals surface area contributed by atoms with Crippen molar-refractivity contribution in [2.75, 3.05) is 11.1 Å². The Hall–Kier alpha value is -2.45. The molecule has 2 aliphatic carbocycles.